The van der Waals surface area contributed by atoms with Gasteiger partial charge in [0.25, 0.3) is 0 Å². The highest BCUT2D eigenvalue weighted by Crippen LogP contribution is 2.36. The van der Waals surface area contributed by atoms with Crippen LogP contribution in [0.15, 0.2) is 30.5 Å². The lowest BCUT2D eigenvalue weighted by Gasteiger charge is -2.32. The number of fused-ring (bicyclic) bond motifs is 1. The van der Waals surface area contributed by atoms with Crippen molar-refractivity contribution in [3.8, 4) is 0 Å². The van der Waals surface area contributed by atoms with Gasteiger partial charge in [0.2, 0.25) is 0 Å². The Hall–Kier alpha value is -1.46. The zero-order valence-corrected chi connectivity index (χ0v) is 11.7. The molecule has 19 heavy (non-hydrogen) atoms. The number of hydrogen-bond acceptors (Lipinski definition) is 4. The lowest BCUT2D eigenvalue weighted by molar-refractivity contribution is 0.00578. The molecule has 1 aliphatic rings. The minimum absolute atomic E-state index is 0.349. The minimum atomic E-state index is -0.434. The molecule has 2 aromatic rings. The van der Waals surface area contributed by atoms with Gasteiger partial charge in [0.1, 0.15) is 0 Å². The van der Waals surface area contributed by atoms with E-state index in [0.717, 1.165) is 16.6 Å². The molecule has 0 N–H and O–H groups in total. The van der Waals surface area contributed by atoms with Crippen LogP contribution in [0.25, 0.3) is 11.0 Å². The molecule has 0 radical (unpaired) electrons. The van der Waals surface area contributed by atoms with Crippen LogP contribution in [0.5, 0.6) is 0 Å². The minimum Gasteiger partial charge on any atom is -0.398 e. The first-order valence-corrected chi connectivity index (χ1v) is 6.46. The topological polar surface area (TPSA) is 44.2 Å². The first-order valence-electron chi connectivity index (χ1n) is 6.46. The molecule has 4 nitrogen and oxygen atoms in total. The van der Waals surface area contributed by atoms with Crippen LogP contribution < -0.4 is 5.59 Å². The van der Waals surface area contributed by atoms with E-state index in [-0.39, 0.29) is 11.2 Å². The Morgan fingerprint density at radius 3 is 2.37 bits per heavy atom. The van der Waals surface area contributed by atoms with Crippen molar-refractivity contribution in [1.82, 2.24) is 9.97 Å². The molecule has 0 saturated carbocycles. The van der Waals surface area contributed by atoms with Crippen LogP contribution in [0.2, 0.25) is 0 Å². The van der Waals surface area contributed by atoms with E-state index in [1.54, 1.807) is 6.20 Å². The third-order valence-electron chi connectivity index (χ3n) is 3.98. The highest BCUT2D eigenvalue weighted by molar-refractivity contribution is 6.61. The van der Waals surface area contributed by atoms with Gasteiger partial charge in [-0.2, -0.15) is 0 Å². The first kappa shape index (κ1) is 12.6. The van der Waals surface area contributed by atoms with E-state index in [0.29, 0.717) is 0 Å². The quantitative estimate of drug-likeness (QED) is 0.731. The van der Waals surface area contributed by atoms with E-state index >= 15 is 0 Å². The van der Waals surface area contributed by atoms with Gasteiger partial charge in [-0.3, -0.25) is 0 Å². The van der Waals surface area contributed by atoms with Crippen LogP contribution >= 0.6 is 0 Å². The van der Waals surface area contributed by atoms with Crippen LogP contribution in [-0.4, -0.2) is 28.3 Å². The maximum Gasteiger partial charge on any atom is 0.514 e. The fourth-order valence-electron chi connectivity index (χ4n) is 2.06. The molecule has 1 fully saturated rings. The number of hydrogen-bond donors (Lipinski definition) is 0. The monoisotopic (exact) mass is 256 g/mol. The molecule has 3 rings (SSSR count). The van der Waals surface area contributed by atoms with Crippen molar-refractivity contribution >= 4 is 23.7 Å². The number of aromatic nitrogens is 2. The van der Waals surface area contributed by atoms with Crippen LogP contribution in [-0.2, 0) is 9.31 Å². The summed E-state index contributed by atoms with van der Waals surface area (Å²) in [6, 6.07) is 7.82. The smallest absolute Gasteiger partial charge is 0.398 e. The Kier molecular flexibility index (Phi) is 2.66. The Bertz CT molecular complexity index is 612. The second-order valence-corrected chi connectivity index (χ2v) is 5.87. The largest absolute Gasteiger partial charge is 0.514 e. The van der Waals surface area contributed by atoms with Crippen molar-refractivity contribution in [2.24, 2.45) is 0 Å². The summed E-state index contributed by atoms with van der Waals surface area (Å²) in [5.41, 5.74) is 0.788. The van der Waals surface area contributed by atoms with Crippen LogP contribution in [0.3, 0.4) is 0 Å². The zero-order chi connectivity index (χ0) is 13.7. The van der Waals surface area contributed by atoms with Gasteiger partial charge in [-0.15, -0.1) is 0 Å². The molecule has 0 aliphatic carbocycles. The number of rotatable bonds is 1. The van der Waals surface area contributed by atoms with E-state index in [2.05, 4.69) is 9.97 Å². The molecule has 0 atom stereocenters. The van der Waals surface area contributed by atoms with E-state index in [1.165, 1.54) is 0 Å². The lowest BCUT2D eigenvalue weighted by Crippen LogP contribution is -2.41. The average molecular weight is 256 g/mol. The van der Waals surface area contributed by atoms with Crippen molar-refractivity contribution in [2.45, 2.75) is 38.9 Å². The summed E-state index contributed by atoms with van der Waals surface area (Å²) in [7, 11) is -0.434. The van der Waals surface area contributed by atoms with E-state index in [9.17, 15) is 0 Å². The Morgan fingerprint density at radius 2 is 1.68 bits per heavy atom. The molecule has 0 amide bonds. The Balaban J connectivity index is 1.98. The Morgan fingerprint density at radius 1 is 1.00 bits per heavy atom. The molecule has 1 saturated heterocycles. The maximum atomic E-state index is 5.99. The molecule has 0 unspecified atom stereocenters. The summed E-state index contributed by atoms with van der Waals surface area (Å²) in [6.45, 7) is 8.14. The van der Waals surface area contributed by atoms with E-state index < -0.39 is 7.12 Å². The van der Waals surface area contributed by atoms with Crippen molar-refractivity contribution < 1.29 is 9.31 Å². The normalized spacial score (nSPS) is 20.9. The summed E-state index contributed by atoms with van der Waals surface area (Å²) in [5, 5.41) is 1.02. The van der Waals surface area contributed by atoms with Gasteiger partial charge in [0.15, 0.2) is 5.65 Å². The highest BCUT2D eigenvalue weighted by Gasteiger charge is 2.52. The third-order valence-corrected chi connectivity index (χ3v) is 3.98. The van der Waals surface area contributed by atoms with E-state index in [1.807, 2.05) is 52.0 Å². The van der Waals surface area contributed by atoms with E-state index in [4.69, 9.17) is 9.31 Å². The SMILES string of the molecule is CC1(C)OB(c2ccc3cccnc3n2)OC1(C)C. The maximum absolute atomic E-state index is 5.99. The van der Waals surface area contributed by atoms with Crippen molar-refractivity contribution in [2.75, 3.05) is 0 Å². The summed E-state index contributed by atoms with van der Waals surface area (Å²) < 4.78 is 12.0. The van der Waals surface area contributed by atoms with Crippen LogP contribution in [0, 0.1) is 0 Å². The molecule has 0 spiro atoms. The van der Waals surface area contributed by atoms with Gasteiger partial charge in [-0.25, -0.2) is 9.97 Å². The first-order chi connectivity index (χ1) is 8.89. The van der Waals surface area contributed by atoms with Crippen molar-refractivity contribution in [3.05, 3.63) is 30.5 Å². The van der Waals surface area contributed by atoms with Gasteiger partial charge in [0.05, 0.1) is 16.8 Å². The number of pyridine rings is 2. The molecular weight excluding hydrogens is 239 g/mol. The van der Waals surface area contributed by atoms with Gasteiger partial charge in [0, 0.05) is 11.6 Å². The predicted molar refractivity (Wildman–Crippen MR) is 75.3 cm³/mol. The van der Waals surface area contributed by atoms with Gasteiger partial charge in [-0.1, -0.05) is 6.07 Å². The predicted octanol–water partition coefficient (Wildman–Crippen LogP) is 1.93. The summed E-state index contributed by atoms with van der Waals surface area (Å²) >= 11 is 0. The zero-order valence-electron chi connectivity index (χ0n) is 11.7. The molecule has 2 aromatic heterocycles. The molecule has 3 heterocycles. The lowest BCUT2D eigenvalue weighted by atomic mass is 9.84. The summed E-state index contributed by atoms with van der Waals surface area (Å²) in [5.74, 6) is 0. The second kappa shape index (κ2) is 4.02. The average Bonchev–Trinajstić information content (AvgIpc) is 2.58. The molecule has 1 aliphatic heterocycles. The molecule has 0 aromatic carbocycles. The molecule has 0 bridgehead atoms. The van der Waals surface area contributed by atoms with Crippen molar-refractivity contribution in [3.63, 3.8) is 0 Å². The summed E-state index contributed by atoms with van der Waals surface area (Å²) in [4.78, 5) is 8.79. The van der Waals surface area contributed by atoms with Gasteiger partial charge >= 0.3 is 7.12 Å². The second-order valence-electron chi connectivity index (χ2n) is 5.87. The highest BCUT2D eigenvalue weighted by atomic mass is 16.7. The van der Waals surface area contributed by atoms with Gasteiger partial charge in [-0.05, 0) is 45.9 Å². The number of nitrogens with zero attached hydrogens (tertiary/aromatic N) is 2. The van der Waals surface area contributed by atoms with Crippen molar-refractivity contribution in [1.29, 1.82) is 0 Å². The fourth-order valence-corrected chi connectivity index (χ4v) is 2.06. The fraction of sp³-hybridized carbons (Fsp3) is 0.429. The third kappa shape index (κ3) is 2.03. The van der Waals surface area contributed by atoms with Gasteiger partial charge < -0.3 is 9.31 Å². The summed E-state index contributed by atoms with van der Waals surface area (Å²) in [6.07, 6.45) is 1.74. The van der Waals surface area contributed by atoms with Crippen LogP contribution in [0.4, 0.5) is 0 Å². The Labute approximate surface area is 113 Å². The molecule has 98 valence electrons. The van der Waals surface area contributed by atoms with Crippen LogP contribution in [0.1, 0.15) is 27.7 Å². The molecule has 5 heteroatoms. The standard InChI is InChI=1S/C14H17BN2O2/c1-13(2)14(3,4)19-15(18-13)11-8-7-10-6-5-9-16-12(10)17-11/h5-9H,1-4H3. The molecular formula is C14H17BN2O2.